The first-order valence-corrected chi connectivity index (χ1v) is 5.03. The number of nitrogens with zero attached hydrogens (tertiary/aromatic N) is 2. The molecule has 1 rings (SSSR count). The summed E-state index contributed by atoms with van der Waals surface area (Å²) in [5.41, 5.74) is 5.45. The van der Waals surface area contributed by atoms with Gasteiger partial charge in [0.2, 0.25) is 5.95 Å². The molecule has 0 saturated heterocycles. The van der Waals surface area contributed by atoms with Crippen LogP contribution in [-0.4, -0.2) is 16.5 Å². The number of anilines is 2. The lowest BCUT2D eigenvalue weighted by molar-refractivity contribution is 0.592. The van der Waals surface area contributed by atoms with Crippen LogP contribution in [0, 0.1) is 5.92 Å². The molecule has 0 aliphatic rings. The highest BCUT2D eigenvalue weighted by Crippen LogP contribution is 2.13. The third-order valence-corrected chi connectivity index (χ3v) is 2.23. The van der Waals surface area contributed by atoms with E-state index in [1.807, 2.05) is 0 Å². The van der Waals surface area contributed by atoms with Crippen molar-refractivity contribution in [3.05, 3.63) is 11.2 Å². The molecule has 1 aromatic heterocycles. The van der Waals surface area contributed by atoms with Crippen molar-refractivity contribution in [2.45, 2.75) is 20.3 Å². The number of hydrogen-bond donors (Lipinski definition) is 2. The van der Waals surface area contributed by atoms with Crippen molar-refractivity contribution in [3.8, 4) is 0 Å². The molecule has 1 unspecified atom stereocenters. The van der Waals surface area contributed by atoms with Crippen molar-refractivity contribution >= 4 is 23.4 Å². The van der Waals surface area contributed by atoms with Crippen LogP contribution in [0.15, 0.2) is 6.07 Å². The molecule has 1 aromatic rings. The monoisotopic (exact) mass is 214 g/mol. The molecule has 0 aliphatic carbocycles. The minimum Gasteiger partial charge on any atom is -0.370 e. The maximum absolute atomic E-state index is 5.73. The summed E-state index contributed by atoms with van der Waals surface area (Å²) < 4.78 is 0. The third kappa shape index (κ3) is 3.38. The quantitative estimate of drug-likeness (QED) is 0.755. The van der Waals surface area contributed by atoms with Gasteiger partial charge in [-0.3, -0.25) is 0 Å². The Labute approximate surface area is 88.9 Å². The second-order valence-electron chi connectivity index (χ2n) is 3.33. The Kier molecular flexibility index (Phi) is 3.95. The highest BCUT2D eigenvalue weighted by atomic mass is 35.5. The third-order valence-electron chi connectivity index (χ3n) is 2.04. The topological polar surface area (TPSA) is 63.8 Å². The minimum absolute atomic E-state index is 0.198. The van der Waals surface area contributed by atoms with Crippen molar-refractivity contribution in [3.63, 3.8) is 0 Å². The molecule has 0 bridgehead atoms. The number of nitrogen functional groups attached to an aromatic ring is 1. The first-order valence-electron chi connectivity index (χ1n) is 4.65. The first-order chi connectivity index (χ1) is 6.61. The average Bonchev–Trinajstić information content (AvgIpc) is 2.12. The molecule has 4 nitrogen and oxygen atoms in total. The van der Waals surface area contributed by atoms with E-state index in [-0.39, 0.29) is 5.95 Å². The van der Waals surface area contributed by atoms with E-state index in [1.165, 1.54) is 0 Å². The maximum atomic E-state index is 5.73. The van der Waals surface area contributed by atoms with Crippen LogP contribution in [0.1, 0.15) is 20.3 Å². The van der Waals surface area contributed by atoms with E-state index in [9.17, 15) is 0 Å². The fourth-order valence-electron chi connectivity index (χ4n) is 0.949. The number of hydrogen-bond acceptors (Lipinski definition) is 4. The zero-order valence-electron chi connectivity index (χ0n) is 8.42. The summed E-state index contributed by atoms with van der Waals surface area (Å²) >= 11 is 5.73. The predicted molar refractivity (Wildman–Crippen MR) is 59.4 cm³/mol. The number of nitrogens with two attached hydrogens (primary N) is 1. The number of halogens is 1. The van der Waals surface area contributed by atoms with E-state index in [4.69, 9.17) is 17.3 Å². The van der Waals surface area contributed by atoms with Gasteiger partial charge in [-0.15, -0.1) is 0 Å². The minimum atomic E-state index is 0.198. The van der Waals surface area contributed by atoms with Crippen LogP contribution in [0.25, 0.3) is 0 Å². The van der Waals surface area contributed by atoms with Crippen LogP contribution in [0.5, 0.6) is 0 Å². The van der Waals surface area contributed by atoms with Crippen molar-refractivity contribution in [1.82, 2.24) is 9.97 Å². The van der Waals surface area contributed by atoms with Gasteiger partial charge in [0.1, 0.15) is 11.0 Å². The van der Waals surface area contributed by atoms with Gasteiger partial charge in [-0.25, -0.2) is 4.98 Å². The van der Waals surface area contributed by atoms with Gasteiger partial charge in [0.25, 0.3) is 0 Å². The van der Waals surface area contributed by atoms with Crippen molar-refractivity contribution in [1.29, 1.82) is 0 Å². The van der Waals surface area contributed by atoms with E-state index in [0.717, 1.165) is 13.0 Å². The van der Waals surface area contributed by atoms with Crippen LogP contribution in [0.4, 0.5) is 11.8 Å². The Bertz CT molecular complexity index is 283. The van der Waals surface area contributed by atoms with E-state index in [2.05, 4.69) is 29.1 Å². The van der Waals surface area contributed by atoms with E-state index in [0.29, 0.717) is 16.9 Å². The Balaban J connectivity index is 2.58. The normalized spacial score (nSPS) is 12.5. The van der Waals surface area contributed by atoms with E-state index >= 15 is 0 Å². The molecule has 3 N–H and O–H groups in total. The Morgan fingerprint density at radius 2 is 2.29 bits per heavy atom. The lowest BCUT2D eigenvalue weighted by atomic mass is 10.1. The molecule has 14 heavy (non-hydrogen) atoms. The number of aromatic nitrogens is 2. The Hall–Kier alpha value is -1.03. The van der Waals surface area contributed by atoms with Crippen LogP contribution >= 0.6 is 11.6 Å². The second kappa shape index (κ2) is 5.00. The zero-order valence-corrected chi connectivity index (χ0v) is 9.17. The van der Waals surface area contributed by atoms with Gasteiger partial charge in [-0.1, -0.05) is 31.9 Å². The molecule has 5 heteroatoms. The highest BCUT2D eigenvalue weighted by molar-refractivity contribution is 6.29. The van der Waals surface area contributed by atoms with Crippen molar-refractivity contribution in [2.24, 2.45) is 5.92 Å². The molecule has 0 fully saturated rings. The smallest absolute Gasteiger partial charge is 0.223 e. The van der Waals surface area contributed by atoms with Gasteiger partial charge in [-0.05, 0) is 5.92 Å². The standard InChI is InChI=1S/C9H15ClN4/c1-3-6(2)5-12-8-4-7(10)13-9(11)14-8/h4,6H,3,5H2,1-2H3,(H3,11,12,13,14). The largest absolute Gasteiger partial charge is 0.370 e. The van der Waals surface area contributed by atoms with E-state index in [1.54, 1.807) is 6.07 Å². The Morgan fingerprint density at radius 3 is 2.86 bits per heavy atom. The van der Waals surface area contributed by atoms with Crippen LogP contribution < -0.4 is 11.1 Å². The predicted octanol–water partition coefficient (Wildman–Crippen LogP) is 2.17. The maximum Gasteiger partial charge on any atom is 0.223 e. The summed E-state index contributed by atoms with van der Waals surface area (Å²) in [4.78, 5) is 7.79. The number of rotatable bonds is 4. The zero-order chi connectivity index (χ0) is 10.6. The second-order valence-corrected chi connectivity index (χ2v) is 3.72. The lowest BCUT2D eigenvalue weighted by Gasteiger charge is -2.10. The summed E-state index contributed by atoms with van der Waals surface area (Å²) in [6.07, 6.45) is 1.13. The highest BCUT2D eigenvalue weighted by Gasteiger charge is 2.02. The molecule has 0 amide bonds. The summed E-state index contributed by atoms with van der Waals surface area (Å²) in [7, 11) is 0. The van der Waals surface area contributed by atoms with Gasteiger partial charge in [0, 0.05) is 12.6 Å². The molecule has 1 heterocycles. The molecular weight excluding hydrogens is 200 g/mol. The Morgan fingerprint density at radius 1 is 1.57 bits per heavy atom. The van der Waals surface area contributed by atoms with Crippen molar-refractivity contribution < 1.29 is 0 Å². The van der Waals surface area contributed by atoms with Crippen LogP contribution in [0.2, 0.25) is 5.15 Å². The van der Waals surface area contributed by atoms with E-state index < -0.39 is 0 Å². The first kappa shape index (κ1) is 11.0. The van der Waals surface area contributed by atoms with Gasteiger partial charge >= 0.3 is 0 Å². The van der Waals surface area contributed by atoms with Crippen molar-refractivity contribution in [2.75, 3.05) is 17.6 Å². The average molecular weight is 215 g/mol. The molecule has 0 radical (unpaired) electrons. The summed E-state index contributed by atoms with van der Waals surface area (Å²) in [6, 6.07) is 1.67. The summed E-state index contributed by atoms with van der Waals surface area (Å²) in [6.45, 7) is 5.18. The summed E-state index contributed by atoms with van der Waals surface area (Å²) in [5, 5.41) is 3.53. The molecule has 0 saturated carbocycles. The van der Waals surface area contributed by atoms with Gasteiger partial charge in [-0.2, -0.15) is 4.98 Å². The fourth-order valence-corrected chi connectivity index (χ4v) is 1.14. The summed E-state index contributed by atoms with van der Waals surface area (Å²) in [5.74, 6) is 1.48. The molecule has 78 valence electrons. The lowest BCUT2D eigenvalue weighted by Crippen LogP contribution is -2.12. The molecule has 0 aromatic carbocycles. The number of nitrogens with one attached hydrogen (secondary N) is 1. The van der Waals surface area contributed by atoms with Gasteiger partial charge < -0.3 is 11.1 Å². The molecular formula is C9H15ClN4. The van der Waals surface area contributed by atoms with Gasteiger partial charge in [0.05, 0.1) is 0 Å². The fraction of sp³-hybridized carbons (Fsp3) is 0.556. The SMILES string of the molecule is CCC(C)CNc1cc(Cl)nc(N)n1. The van der Waals surface area contributed by atoms with Gasteiger partial charge in [0.15, 0.2) is 0 Å². The van der Waals surface area contributed by atoms with Crippen LogP contribution in [0.3, 0.4) is 0 Å². The van der Waals surface area contributed by atoms with Crippen LogP contribution in [-0.2, 0) is 0 Å². The molecule has 0 aliphatic heterocycles. The molecule has 1 atom stereocenters. The molecule has 0 spiro atoms.